The third-order valence-corrected chi connectivity index (χ3v) is 9.25. The summed E-state index contributed by atoms with van der Waals surface area (Å²) in [4.78, 5) is 14.4. The molecule has 10 heteroatoms. The molecule has 2 amide bonds. The van der Waals surface area contributed by atoms with Gasteiger partial charge in [0.25, 0.3) is 0 Å². The van der Waals surface area contributed by atoms with Crippen molar-refractivity contribution in [3.63, 3.8) is 0 Å². The number of unbranched alkanes of at least 4 members (excludes halogenated alkanes) is 3. The Hall–Kier alpha value is -2.82. The number of aliphatic hydroxyl groups is 1. The predicted molar refractivity (Wildman–Crippen MR) is 152 cm³/mol. The highest BCUT2D eigenvalue weighted by Crippen LogP contribution is 2.25. The molecular weight excluding hydrogens is 518 g/mol. The van der Waals surface area contributed by atoms with Crippen LogP contribution in [0.3, 0.4) is 0 Å². The Morgan fingerprint density at radius 1 is 1.03 bits per heavy atom. The number of hydrogen-bond donors (Lipinski definition) is 4. The molecule has 4 N–H and O–H groups in total. The molecule has 1 saturated heterocycles. The maximum atomic E-state index is 13.2. The summed E-state index contributed by atoms with van der Waals surface area (Å²) in [6, 6.07) is 13.2. The summed E-state index contributed by atoms with van der Waals surface area (Å²) in [5.41, 5.74) is 1.00. The van der Waals surface area contributed by atoms with Crippen molar-refractivity contribution in [2.75, 3.05) is 39.3 Å². The topological polar surface area (TPSA) is 128 Å². The van der Waals surface area contributed by atoms with Crippen molar-refractivity contribution in [3.05, 3.63) is 54.1 Å². The second kappa shape index (κ2) is 15.7. The van der Waals surface area contributed by atoms with E-state index in [2.05, 4.69) is 17.6 Å². The minimum absolute atomic E-state index is 0.0994. The van der Waals surface area contributed by atoms with Crippen LogP contribution < -0.4 is 15.4 Å². The Labute approximate surface area is 232 Å². The van der Waals surface area contributed by atoms with Crippen molar-refractivity contribution in [2.24, 2.45) is 0 Å². The lowest BCUT2D eigenvalue weighted by Crippen LogP contribution is -2.47. The van der Waals surface area contributed by atoms with Gasteiger partial charge in [-0.05, 0) is 74.2 Å². The molecule has 9 nitrogen and oxygen atoms in total. The lowest BCUT2D eigenvalue weighted by Gasteiger charge is -2.31. The lowest BCUT2D eigenvalue weighted by atomic mass is 10.1. The lowest BCUT2D eigenvalue weighted by molar-refractivity contribution is 0.106. The first-order chi connectivity index (χ1) is 18.8. The van der Waals surface area contributed by atoms with Crippen LogP contribution in [0, 0.1) is 0 Å². The van der Waals surface area contributed by atoms with Gasteiger partial charge in [0.1, 0.15) is 24.2 Å². The molecule has 2 aromatic carbocycles. The van der Waals surface area contributed by atoms with E-state index in [0.29, 0.717) is 62.6 Å². The zero-order chi connectivity index (χ0) is 28.1. The van der Waals surface area contributed by atoms with Gasteiger partial charge in [0.05, 0.1) is 10.1 Å². The van der Waals surface area contributed by atoms with Gasteiger partial charge in [-0.3, -0.25) is 0 Å². The first-order valence-electron chi connectivity index (χ1n) is 14.0. The Morgan fingerprint density at radius 3 is 2.38 bits per heavy atom. The molecule has 0 radical (unpaired) electrons. The number of aromatic hydroxyl groups is 1. The molecule has 1 atom stereocenters. The normalized spacial score (nSPS) is 15.2. The van der Waals surface area contributed by atoms with Gasteiger partial charge in [0.15, 0.2) is 9.84 Å². The van der Waals surface area contributed by atoms with E-state index in [4.69, 9.17) is 4.74 Å². The van der Waals surface area contributed by atoms with Crippen molar-refractivity contribution in [1.29, 1.82) is 0 Å². The van der Waals surface area contributed by atoms with Gasteiger partial charge in [-0.2, -0.15) is 0 Å². The largest absolute Gasteiger partial charge is 0.508 e. The SMILES string of the molecule is CCCCCCNC(=O)N1CCC(S(=O)(=O)c2ccc(CCNC[C@H](O)COc3ccc(O)cc3)cc2)CC1. The number of aliphatic hydroxyl groups excluding tert-OH is 1. The molecule has 39 heavy (non-hydrogen) atoms. The van der Waals surface area contributed by atoms with Crippen LogP contribution in [0.25, 0.3) is 0 Å². The Bertz CT molecular complexity index is 1100. The van der Waals surface area contributed by atoms with E-state index in [1.807, 2.05) is 12.1 Å². The number of amides is 2. The third-order valence-electron chi connectivity index (χ3n) is 6.98. The quantitative estimate of drug-likeness (QED) is 0.245. The fraction of sp³-hybridized carbons (Fsp3) is 0.552. The highest BCUT2D eigenvalue weighted by molar-refractivity contribution is 7.92. The number of phenolic OH excluding ortho intramolecular Hbond substituents is 1. The van der Waals surface area contributed by atoms with Crippen molar-refractivity contribution in [3.8, 4) is 11.5 Å². The zero-order valence-corrected chi connectivity index (χ0v) is 23.7. The van der Waals surface area contributed by atoms with Gasteiger partial charge in [-0.25, -0.2) is 13.2 Å². The minimum atomic E-state index is -3.46. The molecule has 0 aromatic heterocycles. The summed E-state index contributed by atoms with van der Waals surface area (Å²) in [6.45, 7) is 4.82. The van der Waals surface area contributed by atoms with E-state index in [-0.39, 0.29) is 18.4 Å². The van der Waals surface area contributed by atoms with Crippen LogP contribution in [0.15, 0.2) is 53.4 Å². The van der Waals surface area contributed by atoms with E-state index in [1.54, 1.807) is 29.2 Å². The molecule has 0 aliphatic carbocycles. The number of carbonyl (C=O) groups excluding carboxylic acids is 1. The highest BCUT2D eigenvalue weighted by Gasteiger charge is 2.32. The van der Waals surface area contributed by atoms with Crippen LogP contribution in [0.5, 0.6) is 11.5 Å². The van der Waals surface area contributed by atoms with Crippen molar-refractivity contribution < 1.29 is 28.2 Å². The first kappa shape index (κ1) is 30.7. The highest BCUT2D eigenvalue weighted by atomic mass is 32.2. The van der Waals surface area contributed by atoms with E-state index < -0.39 is 21.2 Å². The van der Waals surface area contributed by atoms with Gasteiger partial charge >= 0.3 is 6.03 Å². The fourth-order valence-corrected chi connectivity index (χ4v) is 6.29. The van der Waals surface area contributed by atoms with Gasteiger partial charge < -0.3 is 30.5 Å². The number of urea groups is 1. The minimum Gasteiger partial charge on any atom is -0.508 e. The molecule has 1 fully saturated rings. The average molecular weight is 562 g/mol. The smallest absolute Gasteiger partial charge is 0.317 e. The number of rotatable bonds is 15. The molecular formula is C29H43N3O6S. The van der Waals surface area contributed by atoms with Crippen LogP contribution in [-0.4, -0.2) is 80.2 Å². The molecule has 0 spiro atoms. The number of nitrogens with one attached hydrogen (secondary N) is 2. The summed E-state index contributed by atoms with van der Waals surface area (Å²) in [7, 11) is -3.46. The number of phenols is 1. The second-order valence-corrected chi connectivity index (χ2v) is 12.3. The van der Waals surface area contributed by atoms with Gasteiger partial charge in [-0.15, -0.1) is 0 Å². The van der Waals surface area contributed by atoms with E-state index in [0.717, 1.165) is 24.8 Å². The average Bonchev–Trinajstić information content (AvgIpc) is 2.95. The van der Waals surface area contributed by atoms with Crippen molar-refractivity contribution >= 4 is 15.9 Å². The number of sulfone groups is 1. The van der Waals surface area contributed by atoms with Gasteiger partial charge in [0, 0.05) is 26.2 Å². The second-order valence-electron chi connectivity index (χ2n) is 10.1. The molecule has 2 aromatic rings. The molecule has 216 valence electrons. The van der Waals surface area contributed by atoms with Crippen LogP contribution in [0.2, 0.25) is 0 Å². The van der Waals surface area contributed by atoms with E-state index in [9.17, 15) is 23.4 Å². The predicted octanol–water partition coefficient (Wildman–Crippen LogP) is 3.49. The summed E-state index contributed by atoms with van der Waals surface area (Å²) >= 11 is 0. The van der Waals surface area contributed by atoms with Crippen molar-refractivity contribution in [2.45, 2.75) is 68.1 Å². The van der Waals surface area contributed by atoms with Crippen molar-refractivity contribution in [1.82, 2.24) is 15.5 Å². The number of hydrogen-bond acceptors (Lipinski definition) is 7. The maximum absolute atomic E-state index is 13.2. The number of nitrogens with zero attached hydrogens (tertiary/aromatic N) is 1. The number of piperidine rings is 1. The monoisotopic (exact) mass is 561 g/mol. The van der Waals surface area contributed by atoms with Crippen LogP contribution >= 0.6 is 0 Å². The molecule has 0 bridgehead atoms. The third kappa shape index (κ3) is 10.0. The van der Waals surface area contributed by atoms with Gasteiger partial charge in [0.2, 0.25) is 0 Å². The molecule has 0 unspecified atom stereocenters. The number of ether oxygens (including phenoxy) is 1. The van der Waals surface area contributed by atoms with E-state index >= 15 is 0 Å². The van der Waals surface area contributed by atoms with Crippen LogP contribution in [0.4, 0.5) is 4.79 Å². The molecule has 0 saturated carbocycles. The zero-order valence-electron chi connectivity index (χ0n) is 22.8. The Kier molecular flexibility index (Phi) is 12.4. The number of benzene rings is 2. The number of likely N-dealkylation sites (tertiary alicyclic amines) is 1. The van der Waals surface area contributed by atoms with E-state index in [1.165, 1.54) is 18.6 Å². The molecule has 1 heterocycles. The Balaban J connectivity index is 1.35. The first-order valence-corrected chi connectivity index (χ1v) is 15.5. The fourth-order valence-electron chi connectivity index (χ4n) is 4.56. The summed E-state index contributed by atoms with van der Waals surface area (Å²) in [5, 5.41) is 25.0. The van der Waals surface area contributed by atoms with Crippen LogP contribution in [-0.2, 0) is 16.3 Å². The molecule has 3 rings (SSSR count). The molecule has 1 aliphatic rings. The van der Waals surface area contributed by atoms with Crippen LogP contribution in [0.1, 0.15) is 51.0 Å². The van der Waals surface area contributed by atoms with Gasteiger partial charge in [-0.1, -0.05) is 38.3 Å². The maximum Gasteiger partial charge on any atom is 0.317 e. The summed E-state index contributed by atoms with van der Waals surface area (Å²) in [5.74, 6) is 0.733. The Morgan fingerprint density at radius 2 is 1.72 bits per heavy atom. The molecule has 1 aliphatic heterocycles. The standard InChI is InChI=1S/C29H43N3O6S/c1-2-3-4-5-17-31-29(35)32-19-15-28(16-20-32)39(36,37)27-12-6-23(7-13-27)14-18-30-21-25(34)22-38-26-10-8-24(33)9-11-26/h6-13,25,28,30,33-34H,2-5,14-22H2,1H3,(H,31,35)/t25-/m0/s1. The summed E-state index contributed by atoms with van der Waals surface area (Å²) < 4.78 is 31.9. The number of carbonyl (C=O) groups is 1. The summed E-state index contributed by atoms with van der Waals surface area (Å²) in [6.07, 6.45) is 5.28.